The minimum atomic E-state index is -5.08. The van der Waals surface area contributed by atoms with Crippen LogP contribution in [0.25, 0.3) is 10.9 Å². The summed E-state index contributed by atoms with van der Waals surface area (Å²) in [5.41, 5.74) is -2.87. The molecule has 1 amide bonds. The number of likely N-dealkylation sites (tertiary alicyclic amines) is 1. The van der Waals surface area contributed by atoms with Gasteiger partial charge in [0.2, 0.25) is 5.60 Å². The highest BCUT2D eigenvalue weighted by Crippen LogP contribution is 2.44. The number of methoxy groups -OCH3 is 1. The third-order valence-electron chi connectivity index (χ3n) is 8.29. The Morgan fingerprint density at radius 2 is 1.75 bits per heavy atom. The van der Waals surface area contributed by atoms with Crippen molar-refractivity contribution in [1.82, 2.24) is 14.8 Å². The maximum atomic E-state index is 14.9. The Balaban J connectivity index is 1.34. The molecule has 3 aromatic carbocycles. The Morgan fingerprint density at radius 1 is 1.04 bits per heavy atom. The van der Waals surface area contributed by atoms with Crippen LogP contribution in [0.3, 0.4) is 0 Å². The number of halogens is 3. The summed E-state index contributed by atoms with van der Waals surface area (Å²) in [6.07, 6.45) is -3.63. The third kappa shape index (κ3) is 7.37. The Bertz CT molecular complexity index is 1810. The number of nitro benzene ring substituents is 1. The number of carboxylic acid groups (broad SMARTS) is 1. The Morgan fingerprint density at radius 3 is 2.38 bits per heavy atom. The summed E-state index contributed by atoms with van der Waals surface area (Å²) >= 11 is 0. The van der Waals surface area contributed by atoms with Crippen LogP contribution in [0.4, 0.5) is 18.9 Å². The average Bonchev–Trinajstić information content (AvgIpc) is 3.42. The largest absolute Gasteiger partial charge is 0.493 e. The van der Waals surface area contributed by atoms with Gasteiger partial charge in [-0.2, -0.15) is 13.2 Å². The number of hydrogen-bond acceptors (Lipinski definition) is 8. The summed E-state index contributed by atoms with van der Waals surface area (Å²) in [6, 6.07) is 16.8. The molecule has 1 fully saturated rings. The molecule has 15 heteroatoms. The molecule has 1 aromatic heterocycles. The second-order valence-electron chi connectivity index (χ2n) is 11.5. The summed E-state index contributed by atoms with van der Waals surface area (Å²) in [7, 11) is 1.37. The van der Waals surface area contributed by atoms with Gasteiger partial charge in [0, 0.05) is 61.0 Å². The van der Waals surface area contributed by atoms with E-state index in [4.69, 9.17) is 14.6 Å². The molecule has 1 unspecified atom stereocenters. The lowest BCUT2D eigenvalue weighted by Crippen LogP contribution is -2.53. The fourth-order valence-corrected chi connectivity index (χ4v) is 5.81. The average molecular weight is 671 g/mol. The van der Waals surface area contributed by atoms with E-state index in [1.807, 2.05) is 0 Å². The van der Waals surface area contributed by atoms with Crippen LogP contribution in [0.5, 0.6) is 11.5 Å². The van der Waals surface area contributed by atoms with Gasteiger partial charge in [-0.25, -0.2) is 0 Å². The fourth-order valence-electron chi connectivity index (χ4n) is 5.81. The number of amides is 1. The van der Waals surface area contributed by atoms with Crippen LogP contribution in [0.15, 0.2) is 72.9 Å². The number of rotatable bonds is 12. The number of benzene rings is 3. The van der Waals surface area contributed by atoms with Gasteiger partial charge in [0.05, 0.1) is 17.5 Å². The monoisotopic (exact) mass is 670 g/mol. The van der Waals surface area contributed by atoms with Gasteiger partial charge in [-0.05, 0) is 42.7 Å². The third-order valence-corrected chi connectivity index (χ3v) is 8.29. The summed E-state index contributed by atoms with van der Waals surface area (Å²) in [6.45, 7) is -0.870. The molecule has 1 aliphatic rings. The molecule has 254 valence electrons. The number of nitrogens with one attached hydrogen (secondary N) is 1. The number of alkyl halides is 3. The molecule has 0 radical (unpaired) electrons. The maximum absolute atomic E-state index is 14.9. The van der Waals surface area contributed by atoms with Crippen molar-refractivity contribution in [3.8, 4) is 11.5 Å². The minimum absolute atomic E-state index is 0.0572. The van der Waals surface area contributed by atoms with Crippen molar-refractivity contribution < 1.29 is 47.4 Å². The number of carbonyl (C=O) groups is 2. The molecule has 48 heavy (non-hydrogen) atoms. The van der Waals surface area contributed by atoms with E-state index in [0.29, 0.717) is 18.6 Å². The number of carbonyl (C=O) groups excluding carboxylic acids is 1. The van der Waals surface area contributed by atoms with Crippen molar-refractivity contribution in [2.24, 2.45) is 0 Å². The zero-order valence-electron chi connectivity index (χ0n) is 25.8. The second kappa shape index (κ2) is 13.9. The zero-order chi connectivity index (χ0) is 34.6. The van der Waals surface area contributed by atoms with Crippen molar-refractivity contribution in [1.29, 1.82) is 0 Å². The van der Waals surface area contributed by atoms with Crippen LogP contribution >= 0.6 is 0 Å². The van der Waals surface area contributed by atoms with Crippen molar-refractivity contribution in [3.05, 3.63) is 99.7 Å². The number of β-amino-alcohol motifs (C(OH)–C–C–N with tert-alkyl or cyclic N) is 1. The summed E-state index contributed by atoms with van der Waals surface area (Å²) in [5, 5.41) is 34.1. The second-order valence-corrected chi connectivity index (χ2v) is 11.5. The first-order valence-electron chi connectivity index (χ1n) is 15.0. The molecule has 12 nitrogen and oxygen atoms in total. The number of carboxylic acids is 1. The van der Waals surface area contributed by atoms with Crippen LogP contribution in [-0.2, 0) is 16.9 Å². The highest BCUT2D eigenvalue weighted by Gasteiger charge is 2.57. The summed E-state index contributed by atoms with van der Waals surface area (Å²) in [4.78, 5) is 35.4. The number of fused-ring (bicyclic) bond motifs is 1. The van der Waals surface area contributed by atoms with E-state index in [1.165, 1.54) is 53.1 Å². The molecule has 0 spiro atoms. The van der Waals surface area contributed by atoms with Gasteiger partial charge in [0.15, 0.2) is 11.5 Å². The van der Waals surface area contributed by atoms with E-state index in [9.17, 15) is 38.0 Å². The van der Waals surface area contributed by atoms with E-state index in [-0.39, 0.29) is 47.5 Å². The number of ether oxygens (including phenoxy) is 2. The SMILES string of the molecule is COc1cc(C(=O)NCC(=O)O)ccc1OC1CCN(CC(O)(c2cn(Cc3ccccc3)c3cc([N+](=O)[O-])ccc23)C(F)(F)F)CC1. The Hall–Kier alpha value is -5.15. The minimum Gasteiger partial charge on any atom is -0.493 e. The number of hydrogen-bond donors (Lipinski definition) is 3. The van der Waals surface area contributed by atoms with Crippen LogP contribution < -0.4 is 14.8 Å². The van der Waals surface area contributed by atoms with Gasteiger partial charge in [-0.15, -0.1) is 0 Å². The first-order valence-corrected chi connectivity index (χ1v) is 15.0. The van der Waals surface area contributed by atoms with Crippen LogP contribution in [0.2, 0.25) is 0 Å². The van der Waals surface area contributed by atoms with Crippen LogP contribution in [-0.4, -0.2) is 82.0 Å². The molecule has 1 saturated heterocycles. The van der Waals surface area contributed by atoms with Gasteiger partial charge in [-0.1, -0.05) is 30.3 Å². The molecule has 1 aliphatic heterocycles. The highest BCUT2D eigenvalue weighted by atomic mass is 19.4. The molecule has 0 bridgehead atoms. The van der Waals surface area contributed by atoms with Crippen LogP contribution in [0.1, 0.15) is 34.3 Å². The molecule has 5 rings (SSSR count). The van der Waals surface area contributed by atoms with Crippen molar-refractivity contribution >= 4 is 28.5 Å². The van der Waals surface area contributed by atoms with Crippen molar-refractivity contribution in [3.63, 3.8) is 0 Å². The first kappa shape index (κ1) is 34.2. The molecule has 3 N–H and O–H groups in total. The van der Waals surface area contributed by atoms with Gasteiger partial charge in [0.1, 0.15) is 12.6 Å². The van der Waals surface area contributed by atoms with Crippen molar-refractivity contribution in [2.45, 2.75) is 37.3 Å². The maximum Gasteiger partial charge on any atom is 0.422 e. The number of nitrogens with zero attached hydrogens (tertiary/aromatic N) is 3. The number of aromatic nitrogens is 1. The van der Waals surface area contributed by atoms with Crippen LogP contribution in [0, 0.1) is 10.1 Å². The predicted molar refractivity (Wildman–Crippen MR) is 167 cm³/mol. The lowest BCUT2D eigenvalue weighted by Gasteiger charge is -2.39. The lowest BCUT2D eigenvalue weighted by molar-refractivity contribution is -0.384. The Kier molecular flexibility index (Phi) is 9.91. The lowest BCUT2D eigenvalue weighted by atomic mass is 9.91. The number of aliphatic carboxylic acids is 1. The van der Waals surface area contributed by atoms with E-state index < -0.39 is 53.3 Å². The normalized spacial score (nSPS) is 15.5. The van der Waals surface area contributed by atoms with E-state index in [0.717, 1.165) is 11.6 Å². The van der Waals surface area contributed by atoms with Crippen molar-refractivity contribution in [2.75, 3.05) is 33.3 Å². The quantitative estimate of drug-likeness (QED) is 0.143. The van der Waals surface area contributed by atoms with E-state index in [2.05, 4.69) is 5.32 Å². The van der Waals surface area contributed by atoms with Gasteiger partial charge in [-0.3, -0.25) is 24.6 Å². The van der Waals surface area contributed by atoms with Gasteiger partial charge in [0.25, 0.3) is 11.6 Å². The first-order chi connectivity index (χ1) is 22.8. The molecular weight excluding hydrogens is 637 g/mol. The molecular formula is C33H33F3N4O8. The topological polar surface area (TPSA) is 156 Å². The van der Waals surface area contributed by atoms with Gasteiger partial charge < -0.3 is 29.6 Å². The molecule has 2 heterocycles. The number of nitro groups is 1. The molecule has 0 saturated carbocycles. The highest BCUT2D eigenvalue weighted by molar-refractivity contribution is 5.96. The number of piperidine rings is 1. The predicted octanol–water partition coefficient (Wildman–Crippen LogP) is 4.71. The number of aliphatic hydroxyl groups is 1. The standard InChI is InChI=1S/C33H33F3N4O8/c1-47-29-15-22(31(43)37-17-30(41)42)7-10-28(29)48-24-11-13-38(14-12-24)20-32(44,33(34,35)36)26-19-39(18-21-5-3-2-4-6-21)27-16-23(40(45)46)8-9-25(26)27/h2-10,15-16,19,24,44H,11-14,17-18,20H2,1H3,(H,37,43)(H,41,42). The van der Waals surface area contributed by atoms with Gasteiger partial charge >= 0.3 is 12.1 Å². The summed E-state index contributed by atoms with van der Waals surface area (Å²) in [5.74, 6) is -1.29. The zero-order valence-corrected chi connectivity index (χ0v) is 25.8. The Labute approximate surface area is 272 Å². The summed E-state index contributed by atoms with van der Waals surface area (Å²) < 4.78 is 57.4. The molecule has 0 aliphatic carbocycles. The van der Waals surface area contributed by atoms with E-state index in [1.54, 1.807) is 30.3 Å². The molecule has 4 aromatic rings. The molecule has 1 atom stereocenters. The number of non-ortho nitro benzene ring substituents is 1. The fraction of sp³-hybridized carbons (Fsp3) is 0.333. The van der Waals surface area contributed by atoms with E-state index >= 15 is 0 Å². The smallest absolute Gasteiger partial charge is 0.422 e.